The van der Waals surface area contributed by atoms with Gasteiger partial charge < -0.3 is 14.4 Å². The molecule has 1 saturated heterocycles. The summed E-state index contributed by atoms with van der Waals surface area (Å²) in [5.41, 5.74) is 3.41. The fourth-order valence-electron chi connectivity index (χ4n) is 3.54. The van der Waals surface area contributed by atoms with E-state index < -0.39 is 0 Å². The van der Waals surface area contributed by atoms with Crippen molar-refractivity contribution in [3.63, 3.8) is 0 Å². The topological polar surface area (TPSA) is 42.0 Å². The van der Waals surface area contributed by atoms with Gasteiger partial charge in [0.2, 0.25) is 0 Å². The van der Waals surface area contributed by atoms with E-state index in [1.807, 2.05) is 80.5 Å². The molecule has 186 valence electrons. The van der Waals surface area contributed by atoms with Gasteiger partial charge in [0.05, 0.1) is 17.2 Å². The molecule has 36 heavy (non-hydrogen) atoms. The van der Waals surface area contributed by atoms with Gasteiger partial charge in [0, 0.05) is 35.4 Å². The monoisotopic (exact) mass is 558 g/mol. The van der Waals surface area contributed by atoms with Crippen molar-refractivity contribution in [2.24, 2.45) is 0 Å². The summed E-state index contributed by atoms with van der Waals surface area (Å²) in [5.74, 6) is 0.998. The average molecular weight is 560 g/mol. The van der Waals surface area contributed by atoms with Crippen LogP contribution in [0.15, 0.2) is 65.6 Å². The first-order valence-corrected chi connectivity index (χ1v) is 13.1. The molecule has 1 aliphatic heterocycles. The molecule has 4 rings (SSSR count). The lowest BCUT2D eigenvalue weighted by Gasteiger charge is -2.17. The maximum absolute atomic E-state index is 13.2. The van der Waals surface area contributed by atoms with E-state index in [1.54, 1.807) is 17.0 Å². The molecule has 0 aliphatic carbocycles. The number of thioether (sulfide) groups is 1. The Morgan fingerprint density at radius 3 is 2.42 bits per heavy atom. The van der Waals surface area contributed by atoms with Gasteiger partial charge in [0.15, 0.2) is 15.8 Å². The van der Waals surface area contributed by atoms with E-state index in [4.69, 9.17) is 44.9 Å². The van der Waals surface area contributed by atoms with E-state index >= 15 is 0 Å². The van der Waals surface area contributed by atoms with Gasteiger partial charge in [-0.3, -0.25) is 9.69 Å². The zero-order valence-corrected chi connectivity index (χ0v) is 23.1. The summed E-state index contributed by atoms with van der Waals surface area (Å²) in [7, 11) is 3.94. The first-order chi connectivity index (χ1) is 17.3. The second-order valence-corrected chi connectivity index (χ2v) is 10.6. The third-order valence-electron chi connectivity index (χ3n) is 5.38. The summed E-state index contributed by atoms with van der Waals surface area (Å²) >= 11 is 19.0. The van der Waals surface area contributed by atoms with Crippen molar-refractivity contribution in [2.75, 3.05) is 30.5 Å². The molecule has 0 radical (unpaired) electrons. The van der Waals surface area contributed by atoms with E-state index in [-0.39, 0.29) is 12.5 Å². The molecule has 0 N–H and O–H groups in total. The zero-order valence-electron chi connectivity index (χ0n) is 20.0. The molecule has 9 heteroatoms. The van der Waals surface area contributed by atoms with Crippen LogP contribution in [-0.4, -0.2) is 30.9 Å². The molecule has 0 aromatic heterocycles. The van der Waals surface area contributed by atoms with Crippen LogP contribution < -0.4 is 19.3 Å². The molecule has 5 nitrogen and oxygen atoms in total. The number of ether oxygens (including phenoxy) is 2. The van der Waals surface area contributed by atoms with Crippen molar-refractivity contribution < 1.29 is 14.3 Å². The third-order valence-corrected chi connectivity index (χ3v) is 7.27. The Kier molecular flexibility index (Phi) is 8.46. The van der Waals surface area contributed by atoms with Crippen LogP contribution in [0.1, 0.15) is 18.1 Å². The van der Waals surface area contributed by atoms with Gasteiger partial charge in [-0.2, -0.15) is 0 Å². The predicted octanol–water partition coefficient (Wildman–Crippen LogP) is 7.44. The molecule has 1 fully saturated rings. The van der Waals surface area contributed by atoms with Gasteiger partial charge in [0.25, 0.3) is 5.91 Å². The Bertz CT molecular complexity index is 1330. The predicted molar refractivity (Wildman–Crippen MR) is 155 cm³/mol. The Hall–Kier alpha value is -2.71. The number of thiocarbonyl (C=S) groups is 1. The number of rotatable bonds is 8. The van der Waals surface area contributed by atoms with Crippen molar-refractivity contribution in [3.8, 4) is 11.5 Å². The van der Waals surface area contributed by atoms with Crippen LogP contribution in [0, 0.1) is 0 Å². The van der Waals surface area contributed by atoms with E-state index in [9.17, 15) is 4.79 Å². The van der Waals surface area contributed by atoms with E-state index in [0.717, 1.165) is 22.5 Å². The van der Waals surface area contributed by atoms with Gasteiger partial charge in [-0.15, -0.1) is 0 Å². The zero-order chi connectivity index (χ0) is 25.8. The highest BCUT2D eigenvalue weighted by molar-refractivity contribution is 8.27. The average Bonchev–Trinajstić information content (AvgIpc) is 3.12. The quantitative estimate of drug-likeness (QED) is 0.211. The number of amides is 1. The number of anilines is 2. The lowest BCUT2D eigenvalue weighted by Crippen LogP contribution is -2.27. The van der Waals surface area contributed by atoms with Gasteiger partial charge in [-0.25, -0.2) is 0 Å². The van der Waals surface area contributed by atoms with Crippen molar-refractivity contribution in [1.82, 2.24) is 0 Å². The molecule has 0 unspecified atom stereocenters. The van der Waals surface area contributed by atoms with Crippen LogP contribution >= 0.6 is 47.2 Å². The maximum atomic E-state index is 13.2. The highest BCUT2D eigenvalue weighted by Crippen LogP contribution is 2.38. The lowest BCUT2D eigenvalue weighted by atomic mass is 10.1. The molecule has 0 atom stereocenters. The minimum Gasteiger partial charge on any atom is -0.490 e. The molecule has 0 spiro atoms. The number of hydrogen-bond donors (Lipinski definition) is 0. The summed E-state index contributed by atoms with van der Waals surface area (Å²) in [6, 6.07) is 18.5. The fraction of sp³-hybridized carbons (Fsp3) is 0.185. The second-order valence-electron chi connectivity index (χ2n) is 8.09. The molecule has 3 aromatic carbocycles. The second kappa shape index (κ2) is 11.6. The molecule has 3 aromatic rings. The van der Waals surface area contributed by atoms with Crippen molar-refractivity contribution in [1.29, 1.82) is 0 Å². The van der Waals surface area contributed by atoms with Crippen molar-refractivity contribution in [3.05, 3.63) is 86.7 Å². The molecule has 1 amide bonds. The molecule has 1 heterocycles. The Balaban J connectivity index is 1.54. The van der Waals surface area contributed by atoms with E-state index in [2.05, 4.69) is 0 Å². The number of nitrogens with zero attached hydrogens (tertiary/aromatic N) is 2. The minimum atomic E-state index is -0.154. The fourth-order valence-corrected chi connectivity index (χ4v) is 5.30. The number of benzene rings is 3. The summed E-state index contributed by atoms with van der Waals surface area (Å²) < 4.78 is 12.3. The van der Waals surface area contributed by atoms with Crippen molar-refractivity contribution >= 4 is 74.9 Å². The number of carbonyl (C=O) groups excluding carboxylic acids is 1. The number of halogens is 2. The summed E-state index contributed by atoms with van der Waals surface area (Å²) in [4.78, 5) is 17.3. The minimum absolute atomic E-state index is 0.154. The first-order valence-electron chi connectivity index (χ1n) is 11.2. The largest absolute Gasteiger partial charge is 0.490 e. The van der Waals surface area contributed by atoms with Crippen LogP contribution in [0.3, 0.4) is 0 Å². The Morgan fingerprint density at radius 1 is 1.00 bits per heavy atom. The highest BCUT2D eigenvalue weighted by Gasteiger charge is 2.33. The van der Waals surface area contributed by atoms with E-state index in [0.29, 0.717) is 37.4 Å². The smallest absolute Gasteiger partial charge is 0.270 e. The number of carbonyl (C=O) groups is 1. The van der Waals surface area contributed by atoms with Crippen LogP contribution in [0.5, 0.6) is 11.5 Å². The molecule has 0 bridgehead atoms. The summed E-state index contributed by atoms with van der Waals surface area (Å²) in [6.45, 7) is 2.63. The lowest BCUT2D eigenvalue weighted by molar-refractivity contribution is -0.113. The van der Waals surface area contributed by atoms with Crippen molar-refractivity contribution in [2.45, 2.75) is 13.5 Å². The summed E-state index contributed by atoms with van der Waals surface area (Å²) in [6.07, 6.45) is 1.82. The third kappa shape index (κ3) is 5.98. The van der Waals surface area contributed by atoms with Gasteiger partial charge in [-0.05, 0) is 67.1 Å². The molecular weight excluding hydrogens is 535 g/mol. The van der Waals surface area contributed by atoms with Crippen LogP contribution in [0.4, 0.5) is 11.4 Å². The molecular formula is C27H24Cl2N2O3S2. The van der Waals surface area contributed by atoms with Gasteiger partial charge in [0.1, 0.15) is 6.61 Å². The molecule has 0 saturated carbocycles. The first kappa shape index (κ1) is 26.4. The van der Waals surface area contributed by atoms with Crippen LogP contribution in [0.2, 0.25) is 10.0 Å². The van der Waals surface area contributed by atoms with Gasteiger partial charge in [-0.1, -0.05) is 59.3 Å². The van der Waals surface area contributed by atoms with Gasteiger partial charge >= 0.3 is 0 Å². The highest BCUT2D eigenvalue weighted by atomic mass is 35.5. The Labute approximate surface area is 230 Å². The SMILES string of the molecule is CCOc1cc(/C=C2/SC(=S)N(c3ccc(N(C)C)cc3)C2=O)ccc1OCc1ccc(Cl)cc1Cl. The maximum Gasteiger partial charge on any atom is 0.270 e. The van der Waals surface area contributed by atoms with Crippen LogP contribution in [0.25, 0.3) is 6.08 Å². The standard InChI is InChI=1S/C27H24Cl2N2O3S2/c1-4-33-24-13-17(5-12-23(24)34-16-18-6-7-19(28)15-22(18)29)14-25-26(32)31(27(35)36-25)21-10-8-20(9-11-21)30(2)3/h5-15H,4,16H2,1-3H3/b25-14+. The summed E-state index contributed by atoms with van der Waals surface area (Å²) in [5, 5.41) is 1.11. The normalized spacial score (nSPS) is 14.5. The van der Waals surface area contributed by atoms with Crippen LogP contribution in [-0.2, 0) is 11.4 Å². The van der Waals surface area contributed by atoms with E-state index in [1.165, 1.54) is 11.8 Å². The Morgan fingerprint density at radius 2 is 1.75 bits per heavy atom. The molecule has 1 aliphatic rings. The number of hydrogen-bond acceptors (Lipinski definition) is 6.